The van der Waals surface area contributed by atoms with Gasteiger partial charge in [0.2, 0.25) is 0 Å². The van der Waals surface area contributed by atoms with Gasteiger partial charge in [0.1, 0.15) is 16.1 Å². The van der Waals surface area contributed by atoms with Crippen molar-refractivity contribution in [3.05, 3.63) is 48.5 Å². The molecule has 0 aliphatic rings. The molecule has 0 N–H and O–H groups in total. The molecule has 0 bridgehead atoms. The Morgan fingerprint density at radius 3 is 0.848 bits per heavy atom. The molecule has 0 nitrogen and oxygen atoms in total. The van der Waals surface area contributed by atoms with Crippen LogP contribution in [0.2, 0.25) is 33.2 Å². The van der Waals surface area contributed by atoms with Crippen molar-refractivity contribution >= 4 is 112 Å². The van der Waals surface area contributed by atoms with Crippen molar-refractivity contribution in [3.8, 4) is 29.3 Å². The van der Waals surface area contributed by atoms with Gasteiger partial charge in [0.25, 0.3) is 0 Å². The minimum absolute atomic E-state index is 0.749. The molecule has 8 heteroatoms. The highest BCUT2D eigenvalue weighted by Crippen LogP contribution is 2.49. The molecule has 6 heterocycles. The van der Waals surface area contributed by atoms with Crippen LogP contribution in [0.1, 0.15) is 83.1 Å². The number of rotatable bonds is 11. The molecule has 0 radical (unpaired) electrons. The van der Waals surface area contributed by atoms with E-state index in [1.54, 1.807) is 9.00 Å². The third-order valence-corrected chi connectivity index (χ3v) is 34.1. The normalized spacial score (nSPS) is 13.5. The standard InChI is InChI=1S/C38H50S6Si2/c1-21(2)45(22(3)4,23(5)6)37-19-35-33(43-37)17-31(41-35)29-15-13-27(39-29)28-14-16-30(40-28)32-18-34-36(42-32)20-38(44-34)46(24(7)8,25(9)10)26(11)12/h13-26H,1-12H3. The van der Waals surface area contributed by atoms with E-state index < -0.39 is 16.1 Å². The molecule has 0 atom stereocenters. The fourth-order valence-electron chi connectivity index (χ4n) is 9.25. The molecule has 0 saturated carbocycles. The summed E-state index contributed by atoms with van der Waals surface area (Å²) in [5, 5.41) is 0. The molecule has 0 aliphatic heterocycles. The van der Waals surface area contributed by atoms with Crippen LogP contribution in [0.5, 0.6) is 0 Å². The Hall–Kier alpha value is -0.846. The Bertz CT molecular complexity index is 1700. The van der Waals surface area contributed by atoms with Gasteiger partial charge in [-0.3, -0.25) is 0 Å². The predicted molar refractivity (Wildman–Crippen MR) is 226 cm³/mol. The quantitative estimate of drug-likeness (QED) is 0.116. The molecule has 0 spiro atoms. The van der Waals surface area contributed by atoms with Crippen molar-refractivity contribution in [1.82, 2.24) is 0 Å². The molecule has 0 amide bonds. The van der Waals surface area contributed by atoms with E-state index in [0.29, 0.717) is 0 Å². The molecule has 0 saturated heterocycles. The second-order valence-corrected chi connectivity index (χ2v) is 34.0. The van der Waals surface area contributed by atoms with Crippen LogP contribution in [0, 0.1) is 0 Å². The van der Waals surface area contributed by atoms with Gasteiger partial charge in [0.15, 0.2) is 0 Å². The molecule has 0 fully saturated rings. The van der Waals surface area contributed by atoms with E-state index in [1.165, 1.54) is 48.1 Å². The minimum Gasteiger partial charge on any atom is -0.144 e. The van der Waals surface area contributed by atoms with Gasteiger partial charge >= 0.3 is 0 Å². The van der Waals surface area contributed by atoms with Gasteiger partial charge in [0.05, 0.1) is 0 Å². The van der Waals surface area contributed by atoms with Crippen molar-refractivity contribution in [2.45, 2.75) is 116 Å². The molecule has 246 valence electrons. The molecule has 6 aromatic heterocycles. The molecule has 6 aromatic rings. The van der Waals surface area contributed by atoms with Crippen LogP contribution in [0.3, 0.4) is 0 Å². The molecular weight excluding hydrogens is 705 g/mol. The van der Waals surface area contributed by atoms with Crippen molar-refractivity contribution in [1.29, 1.82) is 0 Å². The van der Waals surface area contributed by atoms with Crippen molar-refractivity contribution in [2.75, 3.05) is 0 Å². The van der Waals surface area contributed by atoms with Gasteiger partial charge < -0.3 is 0 Å². The average Bonchev–Trinajstić information content (AvgIpc) is 3.76. The smallest absolute Gasteiger partial charge is 0.107 e. The SMILES string of the molecule is CC(C)[Si](c1cc2sc(-c3ccc(-c4ccc(-c5cc6sc([Si](C(C)C)(C(C)C)C(C)C)cc6s5)s4)s3)cc2s1)(C(C)C)C(C)C. The van der Waals surface area contributed by atoms with Gasteiger partial charge in [-0.25, -0.2) is 0 Å². The third kappa shape index (κ3) is 5.59. The van der Waals surface area contributed by atoms with Crippen LogP contribution in [-0.2, 0) is 0 Å². The lowest BCUT2D eigenvalue weighted by atomic mass is 10.3. The van der Waals surface area contributed by atoms with Crippen molar-refractivity contribution in [2.24, 2.45) is 0 Å². The minimum atomic E-state index is -1.61. The monoisotopic (exact) mass is 754 g/mol. The first-order chi connectivity index (χ1) is 21.7. The van der Waals surface area contributed by atoms with Crippen LogP contribution in [0.25, 0.3) is 48.1 Å². The van der Waals surface area contributed by atoms with E-state index in [0.717, 1.165) is 33.2 Å². The highest BCUT2D eigenvalue weighted by molar-refractivity contribution is 7.38. The van der Waals surface area contributed by atoms with Gasteiger partial charge in [-0.15, -0.1) is 68.0 Å². The second kappa shape index (κ2) is 13.1. The second-order valence-electron chi connectivity index (χ2n) is 15.0. The maximum atomic E-state index is 2.59. The largest absolute Gasteiger partial charge is 0.144 e. The Kier molecular flexibility index (Phi) is 9.98. The summed E-state index contributed by atoms with van der Waals surface area (Å²) in [6, 6.07) is 19.5. The first-order valence-electron chi connectivity index (χ1n) is 17.0. The van der Waals surface area contributed by atoms with Crippen LogP contribution in [-0.4, -0.2) is 16.1 Å². The van der Waals surface area contributed by atoms with Crippen molar-refractivity contribution in [3.63, 3.8) is 0 Å². The Labute approximate surface area is 303 Å². The highest BCUT2D eigenvalue weighted by atomic mass is 32.1. The van der Waals surface area contributed by atoms with Gasteiger partial charge in [0, 0.05) is 48.1 Å². The highest BCUT2D eigenvalue weighted by Gasteiger charge is 2.46. The lowest BCUT2D eigenvalue weighted by Gasteiger charge is -2.42. The Balaban J connectivity index is 1.25. The zero-order valence-corrected chi connectivity index (χ0v) is 36.4. The predicted octanol–water partition coefficient (Wildman–Crippen LogP) is 15.1. The third-order valence-electron chi connectivity index (χ3n) is 10.9. The summed E-state index contributed by atoms with van der Waals surface area (Å²) in [5.74, 6) is 0. The number of fused-ring (bicyclic) bond motifs is 2. The summed E-state index contributed by atoms with van der Waals surface area (Å²) in [7, 11) is -3.23. The van der Waals surface area contributed by atoms with E-state index in [2.05, 4.69) is 154 Å². The van der Waals surface area contributed by atoms with E-state index in [-0.39, 0.29) is 0 Å². The van der Waals surface area contributed by atoms with Gasteiger partial charge in [-0.1, -0.05) is 83.1 Å². The van der Waals surface area contributed by atoms with E-state index in [9.17, 15) is 0 Å². The Morgan fingerprint density at radius 2 is 0.587 bits per heavy atom. The summed E-state index contributed by atoms with van der Waals surface area (Å²) in [6.07, 6.45) is 0. The van der Waals surface area contributed by atoms with E-state index in [1.807, 2.05) is 45.3 Å². The van der Waals surface area contributed by atoms with Gasteiger partial charge in [-0.2, -0.15) is 0 Å². The van der Waals surface area contributed by atoms with Crippen LogP contribution in [0.15, 0.2) is 48.5 Å². The average molecular weight is 755 g/mol. The van der Waals surface area contributed by atoms with Crippen LogP contribution in [0.4, 0.5) is 0 Å². The maximum absolute atomic E-state index is 2.59. The van der Waals surface area contributed by atoms with E-state index in [4.69, 9.17) is 0 Å². The number of hydrogen-bond acceptors (Lipinski definition) is 6. The van der Waals surface area contributed by atoms with Gasteiger partial charge in [-0.05, 0) is 90.8 Å². The lowest BCUT2D eigenvalue weighted by Crippen LogP contribution is -2.54. The topological polar surface area (TPSA) is 0 Å². The summed E-state index contributed by atoms with van der Waals surface area (Å²) in [6.45, 7) is 29.7. The molecule has 6 rings (SSSR count). The Morgan fingerprint density at radius 1 is 0.326 bits per heavy atom. The first kappa shape index (κ1) is 35.0. The first-order valence-corrected chi connectivity index (χ1v) is 26.4. The fraction of sp³-hybridized carbons (Fsp3) is 0.474. The number of thiophene rings is 6. The zero-order valence-electron chi connectivity index (χ0n) is 29.5. The zero-order chi connectivity index (χ0) is 33.3. The molecule has 0 aliphatic carbocycles. The summed E-state index contributed by atoms with van der Waals surface area (Å²) >= 11 is 12.1. The van der Waals surface area contributed by atoms with E-state index >= 15 is 0 Å². The lowest BCUT2D eigenvalue weighted by molar-refractivity contribution is 0.837. The molecule has 0 unspecified atom stereocenters. The number of hydrogen-bond donors (Lipinski definition) is 0. The summed E-state index contributed by atoms with van der Waals surface area (Å²) in [5.41, 5.74) is 4.49. The van der Waals surface area contributed by atoms with Crippen LogP contribution < -0.4 is 9.00 Å². The molecule has 46 heavy (non-hydrogen) atoms. The van der Waals surface area contributed by atoms with Crippen molar-refractivity contribution < 1.29 is 0 Å². The maximum Gasteiger partial charge on any atom is 0.107 e. The summed E-state index contributed by atoms with van der Waals surface area (Å²) in [4.78, 5) is 8.41. The molecular formula is C38H50S6Si2. The summed E-state index contributed by atoms with van der Waals surface area (Å²) < 4.78 is 9.36. The van der Waals surface area contributed by atoms with Crippen LogP contribution >= 0.6 is 68.0 Å². The fourth-order valence-corrected chi connectivity index (χ4v) is 34.5. The molecule has 0 aromatic carbocycles.